The molecule has 3 nitrogen and oxygen atoms in total. The third kappa shape index (κ3) is 7.45. The lowest BCUT2D eigenvalue weighted by atomic mass is 10.1. The van der Waals surface area contributed by atoms with Gasteiger partial charge in [0.05, 0.1) is 5.70 Å². The zero-order chi connectivity index (χ0) is 18.7. The Morgan fingerprint density at radius 3 is 2.60 bits per heavy atom. The number of hydrogen-bond acceptors (Lipinski definition) is 3. The van der Waals surface area contributed by atoms with Crippen molar-refractivity contribution in [3.8, 4) is 0 Å². The lowest BCUT2D eigenvalue weighted by Crippen LogP contribution is -2.42. The van der Waals surface area contributed by atoms with E-state index in [0.29, 0.717) is 0 Å². The van der Waals surface area contributed by atoms with Crippen LogP contribution in [0.3, 0.4) is 0 Å². The Morgan fingerprint density at radius 2 is 2.08 bits per heavy atom. The third-order valence-electron chi connectivity index (χ3n) is 4.11. The first kappa shape index (κ1) is 21.5. The average Bonchev–Trinajstić information content (AvgIpc) is 2.60. The van der Waals surface area contributed by atoms with Crippen molar-refractivity contribution in [1.29, 1.82) is 0 Å². The molecule has 1 heterocycles. The van der Waals surface area contributed by atoms with Crippen molar-refractivity contribution in [2.24, 2.45) is 0 Å². The number of allylic oxidation sites excluding steroid dienone is 2. The molecule has 0 bridgehead atoms. The molecule has 1 saturated heterocycles. The number of carbonyl (C=O) groups is 1. The molecular formula is C21H31ClN2O. The van der Waals surface area contributed by atoms with Gasteiger partial charge in [-0.05, 0) is 30.9 Å². The van der Waals surface area contributed by atoms with Crippen molar-refractivity contribution in [2.45, 2.75) is 46.5 Å². The molecule has 0 amide bonds. The summed E-state index contributed by atoms with van der Waals surface area (Å²) in [6.07, 6.45) is 6.34. The van der Waals surface area contributed by atoms with E-state index < -0.39 is 0 Å². The number of hydrogen-bond donors (Lipinski definition) is 1. The van der Waals surface area contributed by atoms with Gasteiger partial charge in [0.2, 0.25) is 0 Å². The predicted molar refractivity (Wildman–Crippen MR) is 108 cm³/mol. The molecule has 0 aromatic heterocycles. The van der Waals surface area contributed by atoms with E-state index in [0.717, 1.165) is 61.7 Å². The van der Waals surface area contributed by atoms with Crippen LogP contribution >= 0.6 is 11.6 Å². The molecule has 2 rings (SSSR count). The minimum atomic E-state index is 0.138. The summed E-state index contributed by atoms with van der Waals surface area (Å²) in [5, 5.41) is 4.12. The number of nitrogens with zero attached hydrogens (tertiary/aromatic N) is 1. The Labute approximate surface area is 157 Å². The summed E-state index contributed by atoms with van der Waals surface area (Å²) in [5.41, 5.74) is 3.03. The largest absolute Gasteiger partial charge is 0.341 e. The number of nitrogens with one attached hydrogen (secondary N) is 1. The molecule has 1 aliphatic rings. The van der Waals surface area contributed by atoms with Crippen LogP contribution in [-0.2, 0) is 11.2 Å². The fraction of sp³-hybridized carbons (Fsp3) is 0.476. The van der Waals surface area contributed by atoms with Crippen LogP contribution in [0.2, 0.25) is 5.02 Å². The van der Waals surface area contributed by atoms with Crippen LogP contribution in [-0.4, -0.2) is 30.3 Å². The average molecular weight is 363 g/mol. The SMILES string of the molecule is C=C1CNCCN1/C(=C\CCCC)C(C)=O.CCc1ccccc1Cl. The van der Waals surface area contributed by atoms with Gasteiger partial charge < -0.3 is 10.2 Å². The van der Waals surface area contributed by atoms with Crippen LogP contribution < -0.4 is 5.32 Å². The number of aryl methyl sites for hydroxylation is 1. The second-order valence-electron chi connectivity index (χ2n) is 6.13. The number of unbranched alkanes of at least 4 members (excludes halogenated alkanes) is 2. The Balaban J connectivity index is 0.000000293. The molecule has 1 N–H and O–H groups in total. The quantitative estimate of drug-likeness (QED) is 0.572. The fourth-order valence-corrected chi connectivity index (χ4v) is 2.91. The number of ketones is 1. The topological polar surface area (TPSA) is 32.3 Å². The monoisotopic (exact) mass is 362 g/mol. The Bertz CT molecular complexity index is 595. The first-order valence-corrected chi connectivity index (χ1v) is 9.49. The molecule has 0 spiro atoms. The molecule has 1 fully saturated rings. The van der Waals surface area contributed by atoms with E-state index in [1.807, 2.05) is 24.3 Å². The highest BCUT2D eigenvalue weighted by Gasteiger charge is 2.19. The Morgan fingerprint density at radius 1 is 1.36 bits per heavy atom. The molecule has 4 heteroatoms. The number of Topliss-reactive ketones (excluding diaryl/α,β-unsaturated/α-hetero) is 1. The van der Waals surface area contributed by atoms with Crippen molar-refractivity contribution in [1.82, 2.24) is 10.2 Å². The second-order valence-corrected chi connectivity index (χ2v) is 6.53. The number of benzene rings is 1. The molecule has 138 valence electrons. The number of carbonyl (C=O) groups excluding carboxylic acids is 1. The molecule has 25 heavy (non-hydrogen) atoms. The van der Waals surface area contributed by atoms with Crippen molar-refractivity contribution >= 4 is 17.4 Å². The summed E-state index contributed by atoms with van der Waals surface area (Å²) >= 11 is 5.82. The standard InChI is InChI=1S/C13H22N2O.C8H9Cl/c1-4-5-6-7-13(12(3)16)15-9-8-14-10-11(15)2;1-2-7-5-3-4-6-8(7)9/h7,14H,2,4-6,8-10H2,1,3H3;3-6H,2H2,1H3/b13-7-;. The van der Waals surface area contributed by atoms with Crippen molar-refractivity contribution in [2.75, 3.05) is 19.6 Å². The molecule has 0 radical (unpaired) electrons. The van der Waals surface area contributed by atoms with Crippen LogP contribution in [0.1, 0.15) is 45.6 Å². The van der Waals surface area contributed by atoms with Crippen molar-refractivity contribution < 1.29 is 4.79 Å². The zero-order valence-corrected chi connectivity index (χ0v) is 16.5. The minimum Gasteiger partial charge on any atom is -0.341 e. The molecule has 0 unspecified atom stereocenters. The molecule has 0 atom stereocenters. The maximum atomic E-state index is 11.6. The second kappa shape index (κ2) is 11.9. The Hall–Kier alpha value is -1.58. The van der Waals surface area contributed by atoms with Gasteiger partial charge in [0, 0.05) is 37.3 Å². The van der Waals surface area contributed by atoms with Crippen LogP contribution in [0, 0.1) is 0 Å². The van der Waals surface area contributed by atoms with Gasteiger partial charge in [-0.3, -0.25) is 4.79 Å². The third-order valence-corrected chi connectivity index (χ3v) is 4.48. The highest BCUT2D eigenvalue weighted by atomic mass is 35.5. The normalized spacial score (nSPS) is 14.8. The van der Waals surface area contributed by atoms with E-state index in [-0.39, 0.29) is 5.78 Å². The zero-order valence-electron chi connectivity index (χ0n) is 15.8. The van der Waals surface area contributed by atoms with E-state index in [2.05, 4.69) is 36.7 Å². The maximum Gasteiger partial charge on any atom is 0.175 e. The molecule has 0 aliphatic carbocycles. The molecule has 1 aromatic carbocycles. The van der Waals surface area contributed by atoms with E-state index >= 15 is 0 Å². The lowest BCUT2D eigenvalue weighted by Gasteiger charge is -2.32. The first-order chi connectivity index (χ1) is 12.0. The van der Waals surface area contributed by atoms with Gasteiger partial charge in [-0.25, -0.2) is 0 Å². The van der Waals surface area contributed by atoms with Crippen molar-refractivity contribution in [3.05, 3.63) is 58.9 Å². The van der Waals surface area contributed by atoms with Gasteiger partial charge in [-0.1, -0.05) is 62.7 Å². The number of piperazine rings is 1. The van der Waals surface area contributed by atoms with Gasteiger partial charge in [0.1, 0.15) is 0 Å². The van der Waals surface area contributed by atoms with E-state index in [9.17, 15) is 4.79 Å². The lowest BCUT2D eigenvalue weighted by molar-refractivity contribution is -0.114. The van der Waals surface area contributed by atoms with Crippen LogP contribution in [0.25, 0.3) is 0 Å². The molecule has 0 saturated carbocycles. The summed E-state index contributed by atoms with van der Waals surface area (Å²) in [5.74, 6) is 0.138. The van der Waals surface area contributed by atoms with E-state index in [4.69, 9.17) is 11.6 Å². The van der Waals surface area contributed by atoms with Crippen LogP contribution in [0.5, 0.6) is 0 Å². The van der Waals surface area contributed by atoms with E-state index in [1.165, 1.54) is 5.56 Å². The van der Waals surface area contributed by atoms with Crippen LogP contribution in [0.15, 0.2) is 48.3 Å². The number of halogens is 1. The predicted octanol–water partition coefficient (Wildman–Crippen LogP) is 4.97. The first-order valence-electron chi connectivity index (χ1n) is 9.11. The summed E-state index contributed by atoms with van der Waals surface area (Å²) in [6, 6.07) is 7.91. The van der Waals surface area contributed by atoms with Gasteiger partial charge in [-0.15, -0.1) is 0 Å². The smallest absolute Gasteiger partial charge is 0.175 e. The highest BCUT2D eigenvalue weighted by Crippen LogP contribution is 2.16. The van der Waals surface area contributed by atoms with Crippen molar-refractivity contribution in [3.63, 3.8) is 0 Å². The van der Waals surface area contributed by atoms with Gasteiger partial charge in [-0.2, -0.15) is 0 Å². The van der Waals surface area contributed by atoms with Crippen LogP contribution in [0.4, 0.5) is 0 Å². The fourth-order valence-electron chi connectivity index (χ4n) is 2.64. The van der Waals surface area contributed by atoms with Gasteiger partial charge >= 0.3 is 0 Å². The molecular weight excluding hydrogens is 332 g/mol. The van der Waals surface area contributed by atoms with Gasteiger partial charge in [0.15, 0.2) is 5.78 Å². The highest BCUT2D eigenvalue weighted by molar-refractivity contribution is 6.31. The summed E-state index contributed by atoms with van der Waals surface area (Å²) in [4.78, 5) is 13.7. The molecule has 1 aromatic rings. The summed E-state index contributed by atoms with van der Waals surface area (Å²) in [6.45, 7) is 12.4. The summed E-state index contributed by atoms with van der Waals surface area (Å²) < 4.78 is 0. The van der Waals surface area contributed by atoms with E-state index in [1.54, 1.807) is 6.92 Å². The maximum absolute atomic E-state index is 11.6. The Kier molecular flexibility index (Phi) is 10.2. The minimum absolute atomic E-state index is 0.138. The van der Waals surface area contributed by atoms with Gasteiger partial charge in [0.25, 0.3) is 0 Å². The molecule has 1 aliphatic heterocycles. The summed E-state index contributed by atoms with van der Waals surface area (Å²) in [7, 11) is 0. The number of rotatable bonds is 6.